The molecule has 5 amide bonds. The molecule has 0 bridgehead atoms. The van der Waals surface area contributed by atoms with Gasteiger partial charge in [-0.25, -0.2) is 13.2 Å². The molecule has 3 aliphatic rings. The van der Waals surface area contributed by atoms with Gasteiger partial charge in [0, 0.05) is 13.1 Å². The first-order valence-corrected chi connectivity index (χ1v) is 20.5. The van der Waals surface area contributed by atoms with Gasteiger partial charge in [-0.15, -0.1) is 6.58 Å². The maximum atomic E-state index is 14.4. The van der Waals surface area contributed by atoms with Gasteiger partial charge in [0.2, 0.25) is 17.6 Å². The van der Waals surface area contributed by atoms with E-state index in [1.807, 2.05) is 13.8 Å². The van der Waals surface area contributed by atoms with Crippen molar-refractivity contribution in [3.05, 3.63) is 12.7 Å². The first kappa shape index (κ1) is 41.5. The van der Waals surface area contributed by atoms with E-state index in [2.05, 4.69) is 27.8 Å². The molecule has 0 aromatic carbocycles. The lowest BCUT2D eigenvalue weighted by Crippen LogP contribution is -2.62. The molecule has 2 saturated heterocycles. The fourth-order valence-corrected chi connectivity index (χ4v) is 9.14. The molecule has 2 aliphatic heterocycles. The van der Waals surface area contributed by atoms with Crippen LogP contribution in [0.15, 0.2) is 12.7 Å². The SMILES string of the molecule is C=CCNC(=O)C(=O)[C@@H]1CCCCCCCCC[C@H](NC(=O)NC2(CS(=O)(=O)C(C)(C)C)CCCCC2)C(=O)N2CCC(C(C)C)[C@H]2C(=O)N1. The lowest BCUT2D eigenvalue weighted by Gasteiger charge is -2.40. The Bertz CT molecular complexity index is 1320. The summed E-state index contributed by atoms with van der Waals surface area (Å²) >= 11 is 0. The van der Waals surface area contributed by atoms with Crippen molar-refractivity contribution < 1.29 is 32.4 Å². The molecule has 0 spiro atoms. The van der Waals surface area contributed by atoms with Crippen LogP contribution < -0.4 is 21.3 Å². The van der Waals surface area contributed by atoms with Gasteiger partial charge in [0.15, 0.2) is 9.84 Å². The molecule has 50 heavy (non-hydrogen) atoms. The number of carbonyl (C=O) groups is 5. The van der Waals surface area contributed by atoms with Gasteiger partial charge in [-0.1, -0.05) is 84.1 Å². The summed E-state index contributed by atoms with van der Waals surface area (Å²) in [4.78, 5) is 69.7. The van der Waals surface area contributed by atoms with Crippen LogP contribution >= 0.6 is 0 Å². The summed E-state index contributed by atoms with van der Waals surface area (Å²) in [5, 5.41) is 11.3. The Labute approximate surface area is 300 Å². The van der Waals surface area contributed by atoms with Gasteiger partial charge < -0.3 is 26.2 Å². The van der Waals surface area contributed by atoms with Crippen molar-refractivity contribution in [1.29, 1.82) is 0 Å². The topological polar surface area (TPSA) is 171 Å². The number of Topliss-reactive ketones (excluding diaryl/α,β-unsaturated/α-hetero) is 1. The predicted octanol–water partition coefficient (Wildman–Crippen LogP) is 4.32. The molecule has 4 N–H and O–H groups in total. The summed E-state index contributed by atoms with van der Waals surface area (Å²) in [6.45, 7) is 13.0. The van der Waals surface area contributed by atoms with Crippen molar-refractivity contribution >= 4 is 39.4 Å². The lowest BCUT2D eigenvalue weighted by atomic mass is 9.83. The van der Waals surface area contributed by atoms with E-state index < -0.39 is 61.9 Å². The fraction of sp³-hybridized carbons (Fsp3) is 0.811. The minimum atomic E-state index is -3.55. The molecule has 0 aromatic rings. The van der Waals surface area contributed by atoms with E-state index in [0.717, 1.165) is 51.4 Å². The molecule has 284 valence electrons. The van der Waals surface area contributed by atoms with Gasteiger partial charge in [0.25, 0.3) is 5.91 Å². The molecule has 4 atom stereocenters. The van der Waals surface area contributed by atoms with Gasteiger partial charge in [-0.05, 0) is 64.7 Å². The van der Waals surface area contributed by atoms with Gasteiger partial charge in [0.1, 0.15) is 12.1 Å². The van der Waals surface area contributed by atoms with Crippen LogP contribution in [0.4, 0.5) is 4.79 Å². The first-order valence-electron chi connectivity index (χ1n) is 18.9. The van der Waals surface area contributed by atoms with Crippen molar-refractivity contribution in [1.82, 2.24) is 26.2 Å². The second-order valence-corrected chi connectivity index (χ2v) is 18.8. The van der Waals surface area contributed by atoms with E-state index in [1.54, 1.807) is 20.8 Å². The highest BCUT2D eigenvalue weighted by molar-refractivity contribution is 7.92. The molecule has 0 radical (unpaired) electrons. The molecule has 12 nitrogen and oxygen atoms in total. The van der Waals surface area contributed by atoms with E-state index in [4.69, 9.17) is 0 Å². The molecule has 1 aliphatic carbocycles. The summed E-state index contributed by atoms with van der Waals surface area (Å²) in [6.07, 6.45) is 12.3. The summed E-state index contributed by atoms with van der Waals surface area (Å²) in [5.41, 5.74) is -0.936. The number of carbonyl (C=O) groups excluding carboxylic acids is 5. The van der Waals surface area contributed by atoms with Crippen LogP contribution in [0.1, 0.15) is 131 Å². The maximum Gasteiger partial charge on any atom is 0.315 e. The lowest BCUT2D eigenvalue weighted by molar-refractivity contribution is -0.143. The Kier molecular flexibility index (Phi) is 15.3. The number of nitrogens with zero attached hydrogens (tertiary/aromatic N) is 1. The highest BCUT2D eigenvalue weighted by atomic mass is 32.2. The van der Waals surface area contributed by atoms with E-state index in [9.17, 15) is 32.4 Å². The Hall–Kier alpha value is -2.96. The van der Waals surface area contributed by atoms with Crippen LogP contribution in [0.5, 0.6) is 0 Å². The molecular weight excluding hydrogens is 659 g/mol. The number of rotatable bonds is 9. The maximum absolute atomic E-state index is 14.4. The summed E-state index contributed by atoms with van der Waals surface area (Å²) < 4.78 is 25.7. The predicted molar refractivity (Wildman–Crippen MR) is 195 cm³/mol. The normalized spacial score (nSPS) is 26.0. The molecule has 1 saturated carbocycles. The molecule has 3 rings (SSSR count). The summed E-state index contributed by atoms with van der Waals surface area (Å²) in [7, 11) is -3.55. The van der Waals surface area contributed by atoms with Crippen molar-refractivity contribution in [3.8, 4) is 0 Å². The van der Waals surface area contributed by atoms with E-state index >= 15 is 0 Å². The molecule has 1 unspecified atom stereocenters. The van der Waals surface area contributed by atoms with E-state index in [-0.39, 0.29) is 30.0 Å². The number of amides is 5. The minimum absolute atomic E-state index is 0.0461. The van der Waals surface area contributed by atoms with Gasteiger partial charge in [-0.3, -0.25) is 19.2 Å². The van der Waals surface area contributed by atoms with Crippen molar-refractivity contribution in [2.45, 2.75) is 159 Å². The summed E-state index contributed by atoms with van der Waals surface area (Å²) in [6, 6.07) is -3.41. The monoisotopic (exact) mass is 721 g/mol. The largest absolute Gasteiger partial charge is 0.346 e. The van der Waals surface area contributed by atoms with Gasteiger partial charge in [-0.2, -0.15) is 0 Å². The zero-order valence-electron chi connectivity index (χ0n) is 31.1. The third-order valence-corrected chi connectivity index (χ3v) is 13.6. The van der Waals surface area contributed by atoms with Gasteiger partial charge >= 0.3 is 6.03 Å². The minimum Gasteiger partial charge on any atom is -0.346 e. The van der Waals surface area contributed by atoms with E-state index in [0.29, 0.717) is 51.5 Å². The number of urea groups is 1. The third-order valence-electron chi connectivity index (χ3n) is 10.8. The third kappa shape index (κ3) is 11.3. The Morgan fingerprint density at radius 3 is 2.10 bits per heavy atom. The quantitative estimate of drug-likeness (QED) is 0.203. The number of hydrogen-bond donors (Lipinski definition) is 4. The van der Waals surface area contributed by atoms with Crippen LogP contribution in [0.3, 0.4) is 0 Å². The van der Waals surface area contributed by atoms with Gasteiger partial charge in [0.05, 0.1) is 22.1 Å². The highest BCUT2D eigenvalue weighted by Gasteiger charge is 2.47. The van der Waals surface area contributed by atoms with Crippen LogP contribution in [0.2, 0.25) is 0 Å². The standard InChI is InChI=1S/C37H63N5O7S/c1-7-23-38-33(45)31(43)28-18-14-11-9-8-10-12-15-19-29(34(46)42-24-20-27(26(2)3)30(42)32(44)39-28)40-35(47)41-37(21-16-13-17-22-37)25-50(48,49)36(4,5)6/h7,26-30H,1,8-25H2,2-6H3,(H,38,45)(H,39,44)(H2,40,41,47)/t27?,28-,29-,30-/m0/s1. The highest BCUT2D eigenvalue weighted by Crippen LogP contribution is 2.34. The Morgan fingerprint density at radius 1 is 0.940 bits per heavy atom. The van der Waals surface area contributed by atoms with Crippen LogP contribution in [0.25, 0.3) is 0 Å². The molecule has 0 aromatic heterocycles. The van der Waals surface area contributed by atoms with Crippen LogP contribution in [-0.2, 0) is 29.0 Å². The molecule has 2 heterocycles. The van der Waals surface area contributed by atoms with E-state index in [1.165, 1.54) is 11.0 Å². The average molecular weight is 722 g/mol. The number of sulfone groups is 1. The zero-order chi connectivity index (χ0) is 37.1. The van der Waals surface area contributed by atoms with Crippen molar-refractivity contribution in [3.63, 3.8) is 0 Å². The fourth-order valence-electron chi connectivity index (χ4n) is 7.62. The molecule has 13 heteroatoms. The molecule has 3 fully saturated rings. The smallest absolute Gasteiger partial charge is 0.315 e. The Morgan fingerprint density at radius 2 is 1.52 bits per heavy atom. The summed E-state index contributed by atoms with van der Waals surface area (Å²) in [5.74, 6) is -2.68. The first-order chi connectivity index (χ1) is 23.5. The van der Waals surface area contributed by atoms with Crippen molar-refractivity contribution in [2.24, 2.45) is 11.8 Å². The number of hydrogen-bond acceptors (Lipinski definition) is 7. The zero-order valence-corrected chi connectivity index (χ0v) is 31.9. The second-order valence-electron chi connectivity index (χ2n) is 16.0. The number of nitrogens with one attached hydrogen (secondary N) is 4. The average Bonchev–Trinajstić information content (AvgIpc) is 3.49. The van der Waals surface area contributed by atoms with Crippen molar-refractivity contribution in [2.75, 3.05) is 18.8 Å². The van der Waals surface area contributed by atoms with Crippen LogP contribution in [0, 0.1) is 11.8 Å². The number of fused-ring (bicyclic) bond motifs is 1. The Balaban J connectivity index is 1.90. The number of ketones is 1. The second kappa shape index (κ2) is 18.5. The van der Waals surface area contributed by atoms with Crippen LogP contribution in [-0.4, -0.2) is 90.1 Å². The molecular formula is C37H63N5O7S.